The molecule has 2 aromatic heterocycles. The molecule has 0 spiro atoms. The maximum Gasteiger partial charge on any atom is 0.262 e. The van der Waals surface area contributed by atoms with Gasteiger partial charge in [-0.15, -0.1) is 0 Å². The molecule has 30 heavy (non-hydrogen) atoms. The largest absolute Gasteiger partial charge is 0.385 e. The Morgan fingerprint density at radius 1 is 1.03 bits per heavy atom. The molecule has 0 aliphatic rings. The minimum absolute atomic E-state index is 0.0774. The van der Waals surface area contributed by atoms with Crippen LogP contribution in [0.5, 0.6) is 0 Å². The van der Waals surface area contributed by atoms with Crippen molar-refractivity contribution in [3.8, 4) is 0 Å². The summed E-state index contributed by atoms with van der Waals surface area (Å²) in [5.41, 5.74) is 1.05. The normalized spacial score (nSPS) is 12.5. The Balaban J connectivity index is 1.74. The summed E-state index contributed by atoms with van der Waals surface area (Å²) in [6.07, 6.45) is 0.698. The fourth-order valence-corrected chi connectivity index (χ4v) is 4.30. The van der Waals surface area contributed by atoms with Crippen molar-refractivity contribution in [3.05, 3.63) is 75.1 Å². The van der Waals surface area contributed by atoms with Gasteiger partial charge in [-0.2, -0.15) is 0 Å². The summed E-state index contributed by atoms with van der Waals surface area (Å²) in [6, 6.07) is 14.6. The van der Waals surface area contributed by atoms with E-state index in [1.54, 1.807) is 23.8 Å². The number of nitrogens with zero attached hydrogens (tertiary/aromatic N) is 3. The number of nitrogens with one attached hydrogen (secondary N) is 1. The topological polar surface area (TPSA) is 89.9 Å². The molecule has 2 heterocycles. The van der Waals surface area contributed by atoms with E-state index in [2.05, 4.69) is 9.97 Å². The lowest BCUT2D eigenvalue weighted by atomic mass is 10.2. The van der Waals surface area contributed by atoms with Crippen LogP contribution in [-0.2, 0) is 11.3 Å². The van der Waals surface area contributed by atoms with Gasteiger partial charge in [-0.1, -0.05) is 36.0 Å². The number of aromatic amines is 1. The van der Waals surface area contributed by atoms with Gasteiger partial charge in [-0.3, -0.25) is 14.2 Å². The Labute approximate surface area is 177 Å². The number of rotatable bonds is 7. The van der Waals surface area contributed by atoms with Gasteiger partial charge in [0, 0.05) is 20.3 Å². The van der Waals surface area contributed by atoms with Crippen LogP contribution >= 0.6 is 11.8 Å². The number of aromatic nitrogens is 4. The van der Waals surface area contributed by atoms with Crippen molar-refractivity contribution in [2.75, 3.05) is 13.7 Å². The van der Waals surface area contributed by atoms with E-state index in [4.69, 9.17) is 9.72 Å². The van der Waals surface area contributed by atoms with E-state index in [9.17, 15) is 9.59 Å². The number of para-hydroxylation sites is 2. The Bertz CT molecular complexity index is 1320. The molecule has 0 saturated carbocycles. The molecule has 1 N–H and O–H groups in total. The van der Waals surface area contributed by atoms with Crippen LogP contribution in [0, 0.1) is 0 Å². The van der Waals surface area contributed by atoms with Crippen molar-refractivity contribution in [3.63, 3.8) is 0 Å². The van der Waals surface area contributed by atoms with E-state index in [1.807, 2.05) is 43.3 Å². The van der Waals surface area contributed by atoms with E-state index >= 15 is 0 Å². The molecule has 154 valence electrons. The lowest BCUT2D eigenvalue weighted by molar-refractivity contribution is 0.189. The van der Waals surface area contributed by atoms with E-state index in [1.165, 1.54) is 11.8 Å². The smallest absolute Gasteiger partial charge is 0.262 e. The second-order valence-corrected chi connectivity index (χ2v) is 8.25. The van der Waals surface area contributed by atoms with E-state index in [0.29, 0.717) is 52.4 Å². The number of ether oxygens (including phenoxy) is 1. The van der Waals surface area contributed by atoms with Crippen LogP contribution in [0.25, 0.3) is 21.8 Å². The Morgan fingerprint density at radius 2 is 1.70 bits per heavy atom. The molecule has 2 aromatic carbocycles. The van der Waals surface area contributed by atoms with Crippen molar-refractivity contribution in [1.29, 1.82) is 0 Å². The molecule has 0 aliphatic heterocycles. The molecule has 0 fully saturated rings. The van der Waals surface area contributed by atoms with Crippen LogP contribution < -0.4 is 11.1 Å². The van der Waals surface area contributed by atoms with E-state index in [-0.39, 0.29) is 16.4 Å². The maximum atomic E-state index is 13.1. The van der Waals surface area contributed by atoms with Crippen molar-refractivity contribution < 1.29 is 4.74 Å². The first kappa shape index (κ1) is 20.3. The highest BCUT2D eigenvalue weighted by atomic mass is 32.2. The number of fused-ring (bicyclic) bond motifs is 2. The zero-order valence-electron chi connectivity index (χ0n) is 16.8. The predicted molar refractivity (Wildman–Crippen MR) is 119 cm³/mol. The van der Waals surface area contributed by atoms with Crippen molar-refractivity contribution in [1.82, 2.24) is 19.5 Å². The first-order valence-electron chi connectivity index (χ1n) is 9.72. The molecular formula is C22H22N4O3S. The summed E-state index contributed by atoms with van der Waals surface area (Å²) in [5, 5.41) is 1.53. The second-order valence-electron chi connectivity index (χ2n) is 6.94. The Morgan fingerprint density at radius 3 is 2.43 bits per heavy atom. The summed E-state index contributed by atoms with van der Waals surface area (Å²) < 4.78 is 6.83. The molecule has 7 nitrogen and oxygen atoms in total. The summed E-state index contributed by atoms with van der Waals surface area (Å²) in [4.78, 5) is 37.7. The third-order valence-corrected chi connectivity index (χ3v) is 5.95. The van der Waals surface area contributed by atoms with Crippen molar-refractivity contribution in [2.45, 2.75) is 30.3 Å². The fourth-order valence-electron chi connectivity index (χ4n) is 3.31. The number of thioether (sulfide) groups is 1. The van der Waals surface area contributed by atoms with Crippen LogP contribution in [0.1, 0.15) is 24.4 Å². The van der Waals surface area contributed by atoms with Gasteiger partial charge in [0.15, 0.2) is 5.16 Å². The molecule has 4 aromatic rings. The zero-order chi connectivity index (χ0) is 21.1. The lowest BCUT2D eigenvalue weighted by Crippen LogP contribution is -2.24. The van der Waals surface area contributed by atoms with Gasteiger partial charge in [-0.05, 0) is 37.6 Å². The summed E-state index contributed by atoms with van der Waals surface area (Å²) in [6.45, 7) is 3.00. The Kier molecular flexibility index (Phi) is 5.96. The highest BCUT2D eigenvalue weighted by Gasteiger charge is 2.18. The summed E-state index contributed by atoms with van der Waals surface area (Å²) in [7, 11) is 1.64. The lowest BCUT2D eigenvalue weighted by Gasteiger charge is -2.16. The highest BCUT2D eigenvalue weighted by Crippen LogP contribution is 2.32. The summed E-state index contributed by atoms with van der Waals surface area (Å²) in [5.74, 6) is 0.551. The average Bonchev–Trinajstić information content (AvgIpc) is 2.76. The Hall–Kier alpha value is -2.97. The van der Waals surface area contributed by atoms with E-state index < -0.39 is 0 Å². The zero-order valence-corrected chi connectivity index (χ0v) is 17.6. The number of H-pyrrole nitrogens is 1. The molecule has 4 rings (SSSR count). The first-order valence-corrected chi connectivity index (χ1v) is 10.6. The van der Waals surface area contributed by atoms with Crippen LogP contribution in [-0.4, -0.2) is 33.2 Å². The molecule has 1 atom stereocenters. The minimum atomic E-state index is -0.205. The monoisotopic (exact) mass is 422 g/mol. The van der Waals surface area contributed by atoms with Crippen LogP contribution in [0.15, 0.2) is 63.3 Å². The molecule has 0 radical (unpaired) electrons. The molecule has 0 bridgehead atoms. The number of hydrogen-bond acceptors (Lipinski definition) is 6. The van der Waals surface area contributed by atoms with Crippen molar-refractivity contribution in [2.24, 2.45) is 0 Å². The standard InChI is InChI=1S/C22H22N4O3S/c1-14(19-23-17-10-5-3-8-15(17)20(27)25-19)30-22-24-18-11-6-4-9-16(18)21(28)26(22)12-7-13-29-2/h3-6,8-11,14H,7,12-13H2,1-2H3,(H,23,25,27). The fraction of sp³-hybridized carbons (Fsp3) is 0.273. The first-order chi connectivity index (χ1) is 14.6. The second kappa shape index (κ2) is 8.81. The number of benzene rings is 2. The molecular weight excluding hydrogens is 400 g/mol. The molecule has 1 unspecified atom stereocenters. The third-order valence-electron chi connectivity index (χ3n) is 4.86. The van der Waals surface area contributed by atoms with Gasteiger partial charge >= 0.3 is 0 Å². The number of hydrogen-bond donors (Lipinski definition) is 1. The minimum Gasteiger partial charge on any atom is -0.385 e. The van der Waals surface area contributed by atoms with Crippen LogP contribution in [0.2, 0.25) is 0 Å². The van der Waals surface area contributed by atoms with Crippen LogP contribution in [0.4, 0.5) is 0 Å². The molecule has 0 aliphatic carbocycles. The highest BCUT2D eigenvalue weighted by molar-refractivity contribution is 7.99. The van der Waals surface area contributed by atoms with Crippen molar-refractivity contribution >= 4 is 33.6 Å². The number of methoxy groups -OCH3 is 1. The average molecular weight is 423 g/mol. The van der Waals surface area contributed by atoms with Gasteiger partial charge < -0.3 is 9.72 Å². The van der Waals surface area contributed by atoms with Gasteiger partial charge in [0.1, 0.15) is 5.82 Å². The molecule has 0 saturated heterocycles. The van der Waals surface area contributed by atoms with Crippen LogP contribution in [0.3, 0.4) is 0 Å². The third kappa shape index (κ3) is 4.01. The quantitative estimate of drug-likeness (QED) is 0.278. The van der Waals surface area contributed by atoms with Gasteiger partial charge in [-0.25, -0.2) is 9.97 Å². The molecule has 0 amide bonds. The summed E-state index contributed by atoms with van der Waals surface area (Å²) >= 11 is 1.41. The van der Waals surface area contributed by atoms with E-state index in [0.717, 1.165) is 0 Å². The maximum absolute atomic E-state index is 13.1. The van der Waals surface area contributed by atoms with Gasteiger partial charge in [0.05, 0.1) is 27.1 Å². The van der Waals surface area contributed by atoms with Gasteiger partial charge in [0.2, 0.25) is 0 Å². The molecule has 8 heteroatoms. The van der Waals surface area contributed by atoms with Gasteiger partial charge in [0.25, 0.3) is 11.1 Å². The SMILES string of the molecule is COCCCn1c(SC(C)c2nc3ccccc3c(=O)[nH]2)nc2ccccc2c1=O. The predicted octanol–water partition coefficient (Wildman–Crippen LogP) is 3.52.